The summed E-state index contributed by atoms with van der Waals surface area (Å²) >= 11 is 0. The standard InChI is InChI=1S/C21H24FN3O2/c22-17-7-5-14(6-8-17)20-16(11-23-24-20)13-25-10-9-15(12-25)18-3-1-2-4-19(18)21(26)27/h1-8,15-16,20,23-24H,9-13H2,(H,26,27). The molecule has 3 atom stereocenters. The van der Waals surface area contributed by atoms with Crippen LogP contribution in [-0.4, -0.2) is 42.2 Å². The van der Waals surface area contributed by atoms with Crippen LogP contribution < -0.4 is 10.9 Å². The van der Waals surface area contributed by atoms with E-state index in [1.807, 2.05) is 24.3 Å². The van der Waals surface area contributed by atoms with E-state index in [2.05, 4.69) is 15.8 Å². The van der Waals surface area contributed by atoms with Crippen molar-refractivity contribution in [2.45, 2.75) is 18.4 Å². The highest BCUT2D eigenvalue weighted by atomic mass is 19.1. The Bertz CT molecular complexity index is 811. The largest absolute Gasteiger partial charge is 0.478 e. The number of carbonyl (C=O) groups is 1. The lowest BCUT2D eigenvalue weighted by Crippen LogP contribution is -2.31. The van der Waals surface area contributed by atoms with E-state index >= 15 is 0 Å². The van der Waals surface area contributed by atoms with Gasteiger partial charge in [0.25, 0.3) is 0 Å². The fourth-order valence-electron chi connectivity index (χ4n) is 4.36. The zero-order valence-electron chi connectivity index (χ0n) is 15.1. The summed E-state index contributed by atoms with van der Waals surface area (Å²) in [5, 5.41) is 9.45. The molecule has 5 nitrogen and oxygen atoms in total. The third-order valence-corrected chi connectivity index (χ3v) is 5.72. The lowest BCUT2D eigenvalue weighted by molar-refractivity contribution is 0.0695. The minimum absolute atomic E-state index is 0.149. The molecule has 0 amide bonds. The second-order valence-electron chi connectivity index (χ2n) is 7.45. The molecule has 0 spiro atoms. The van der Waals surface area contributed by atoms with Crippen LogP contribution in [0.5, 0.6) is 0 Å². The van der Waals surface area contributed by atoms with Crippen molar-refractivity contribution in [2.24, 2.45) is 5.92 Å². The minimum atomic E-state index is -0.857. The second kappa shape index (κ2) is 7.76. The van der Waals surface area contributed by atoms with Gasteiger partial charge in [0.1, 0.15) is 5.82 Å². The molecule has 2 fully saturated rings. The van der Waals surface area contributed by atoms with Gasteiger partial charge in [-0.3, -0.25) is 5.43 Å². The number of carboxylic acids is 1. The number of carboxylic acid groups (broad SMARTS) is 1. The lowest BCUT2D eigenvalue weighted by atomic mass is 9.93. The van der Waals surface area contributed by atoms with Crippen molar-refractivity contribution in [3.63, 3.8) is 0 Å². The van der Waals surface area contributed by atoms with Crippen molar-refractivity contribution in [3.05, 3.63) is 71.0 Å². The number of rotatable bonds is 5. The third-order valence-electron chi connectivity index (χ3n) is 5.72. The highest BCUT2D eigenvalue weighted by molar-refractivity contribution is 5.89. The first-order valence-corrected chi connectivity index (χ1v) is 9.40. The van der Waals surface area contributed by atoms with Gasteiger partial charge in [-0.05, 0) is 48.2 Å². The topological polar surface area (TPSA) is 64.6 Å². The van der Waals surface area contributed by atoms with E-state index < -0.39 is 5.97 Å². The molecule has 0 aliphatic carbocycles. The van der Waals surface area contributed by atoms with Crippen molar-refractivity contribution in [1.29, 1.82) is 0 Å². The zero-order chi connectivity index (χ0) is 18.8. The average Bonchev–Trinajstić information content (AvgIpc) is 3.32. The molecule has 0 saturated carbocycles. The number of hydrogen-bond donors (Lipinski definition) is 3. The Labute approximate surface area is 158 Å². The maximum atomic E-state index is 13.2. The molecule has 2 aromatic rings. The molecule has 0 aromatic heterocycles. The molecule has 4 rings (SSSR count). The highest BCUT2D eigenvalue weighted by Gasteiger charge is 2.33. The fraction of sp³-hybridized carbons (Fsp3) is 0.381. The molecule has 142 valence electrons. The summed E-state index contributed by atoms with van der Waals surface area (Å²) in [5.74, 6) is -0.446. The van der Waals surface area contributed by atoms with Crippen molar-refractivity contribution >= 4 is 5.97 Å². The van der Waals surface area contributed by atoms with E-state index in [0.29, 0.717) is 11.5 Å². The predicted octanol–water partition coefficient (Wildman–Crippen LogP) is 2.78. The maximum absolute atomic E-state index is 13.2. The maximum Gasteiger partial charge on any atom is 0.335 e. The molecular formula is C21H24FN3O2. The van der Waals surface area contributed by atoms with Crippen LogP contribution in [0.4, 0.5) is 4.39 Å². The minimum Gasteiger partial charge on any atom is -0.478 e. The Morgan fingerprint density at radius 2 is 1.96 bits per heavy atom. The summed E-state index contributed by atoms with van der Waals surface area (Å²) < 4.78 is 13.2. The number of nitrogens with one attached hydrogen (secondary N) is 2. The molecule has 2 aliphatic rings. The van der Waals surface area contributed by atoms with Crippen LogP contribution in [0.1, 0.15) is 39.9 Å². The summed E-state index contributed by atoms with van der Waals surface area (Å²) in [7, 11) is 0. The molecular weight excluding hydrogens is 345 g/mol. The molecule has 2 saturated heterocycles. The third kappa shape index (κ3) is 3.88. The molecule has 27 heavy (non-hydrogen) atoms. The van der Waals surface area contributed by atoms with E-state index in [1.165, 1.54) is 12.1 Å². The van der Waals surface area contributed by atoms with Crippen LogP contribution >= 0.6 is 0 Å². The molecule has 6 heteroatoms. The first-order valence-electron chi connectivity index (χ1n) is 9.40. The Balaban J connectivity index is 1.42. The van der Waals surface area contributed by atoms with Crippen molar-refractivity contribution in [1.82, 2.24) is 15.8 Å². The number of benzene rings is 2. The van der Waals surface area contributed by atoms with Crippen LogP contribution in [0, 0.1) is 11.7 Å². The molecule has 3 N–H and O–H groups in total. The van der Waals surface area contributed by atoms with Gasteiger partial charge in [0.15, 0.2) is 0 Å². The summed E-state index contributed by atoms with van der Waals surface area (Å²) in [5.41, 5.74) is 8.97. The Morgan fingerprint density at radius 3 is 2.74 bits per heavy atom. The Hall–Kier alpha value is -2.28. The predicted molar refractivity (Wildman–Crippen MR) is 101 cm³/mol. The monoisotopic (exact) mass is 369 g/mol. The second-order valence-corrected chi connectivity index (χ2v) is 7.45. The number of halogens is 1. The first-order chi connectivity index (χ1) is 13.1. The van der Waals surface area contributed by atoms with Gasteiger partial charge in [-0.15, -0.1) is 0 Å². The normalized spacial score (nSPS) is 25.7. The van der Waals surface area contributed by atoms with Gasteiger partial charge in [-0.25, -0.2) is 14.6 Å². The highest BCUT2D eigenvalue weighted by Crippen LogP contribution is 2.32. The zero-order valence-corrected chi connectivity index (χ0v) is 15.1. The van der Waals surface area contributed by atoms with Gasteiger partial charge in [0.05, 0.1) is 11.6 Å². The van der Waals surface area contributed by atoms with Crippen molar-refractivity contribution in [3.8, 4) is 0 Å². The first kappa shape index (κ1) is 18.1. The van der Waals surface area contributed by atoms with Crippen LogP contribution in [0.3, 0.4) is 0 Å². The van der Waals surface area contributed by atoms with E-state index in [0.717, 1.165) is 43.7 Å². The van der Waals surface area contributed by atoms with Gasteiger partial charge in [0.2, 0.25) is 0 Å². The molecule has 3 unspecified atom stereocenters. The number of hydrogen-bond acceptors (Lipinski definition) is 4. The quantitative estimate of drug-likeness (QED) is 0.756. The van der Waals surface area contributed by atoms with Gasteiger partial charge in [-0.2, -0.15) is 0 Å². The number of nitrogens with zero attached hydrogens (tertiary/aromatic N) is 1. The summed E-state index contributed by atoms with van der Waals surface area (Å²) in [6, 6.07) is 14.2. The van der Waals surface area contributed by atoms with Crippen molar-refractivity contribution in [2.75, 3.05) is 26.2 Å². The summed E-state index contributed by atoms with van der Waals surface area (Å²) in [6.07, 6.45) is 0.971. The summed E-state index contributed by atoms with van der Waals surface area (Å²) in [6.45, 7) is 3.62. The Morgan fingerprint density at radius 1 is 1.19 bits per heavy atom. The summed E-state index contributed by atoms with van der Waals surface area (Å²) in [4.78, 5) is 13.9. The smallest absolute Gasteiger partial charge is 0.335 e. The Kier molecular flexibility index (Phi) is 5.20. The van der Waals surface area contributed by atoms with Crippen LogP contribution in [0.15, 0.2) is 48.5 Å². The van der Waals surface area contributed by atoms with Crippen molar-refractivity contribution < 1.29 is 14.3 Å². The van der Waals surface area contributed by atoms with E-state index in [-0.39, 0.29) is 17.8 Å². The molecule has 0 radical (unpaired) electrons. The molecule has 2 aliphatic heterocycles. The van der Waals surface area contributed by atoms with E-state index in [1.54, 1.807) is 12.1 Å². The van der Waals surface area contributed by atoms with Gasteiger partial charge >= 0.3 is 5.97 Å². The molecule has 2 heterocycles. The van der Waals surface area contributed by atoms with Crippen LogP contribution in [0.25, 0.3) is 0 Å². The van der Waals surface area contributed by atoms with E-state index in [4.69, 9.17) is 0 Å². The SMILES string of the molecule is O=C(O)c1ccccc1C1CCN(CC2CNNC2c2ccc(F)cc2)C1. The average molecular weight is 369 g/mol. The van der Waals surface area contributed by atoms with E-state index in [9.17, 15) is 14.3 Å². The number of aromatic carboxylic acids is 1. The van der Waals surface area contributed by atoms with Crippen LogP contribution in [0.2, 0.25) is 0 Å². The molecule has 2 aromatic carbocycles. The lowest BCUT2D eigenvalue weighted by Gasteiger charge is -2.25. The molecule has 0 bridgehead atoms. The fourth-order valence-corrected chi connectivity index (χ4v) is 4.36. The number of likely N-dealkylation sites (tertiary alicyclic amines) is 1. The van der Waals surface area contributed by atoms with Gasteiger partial charge in [0, 0.05) is 25.6 Å². The van der Waals surface area contributed by atoms with Gasteiger partial charge in [-0.1, -0.05) is 30.3 Å². The number of hydrazine groups is 1. The van der Waals surface area contributed by atoms with Gasteiger partial charge < -0.3 is 10.0 Å². The van der Waals surface area contributed by atoms with Crippen LogP contribution in [-0.2, 0) is 0 Å².